The largest absolute Gasteiger partial charge is 0.337 e. The number of benzene rings is 1. The summed E-state index contributed by atoms with van der Waals surface area (Å²) in [4.78, 5) is 16.7. The molecule has 0 aliphatic carbocycles. The maximum atomic E-state index is 12.9. The van der Waals surface area contributed by atoms with Gasteiger partial charge in [0.15, 0.2) is 0 Å². The molecule has 1 unspecified atom stereocenters. The molecular weight excluding hydrogens is 368 g/mol. The first-order chi connectivity index (χ1) is 12.0. The summed E-state index contributed by atoms with van der Waals surface area (Å²) in [5.74, 6) is 0.109. The van der Waals surface area contributed by atoms with E-state index in [4.69, 9.17) is 5.73 Å². The van der Waals surface area contributed by atoms with E-state index in [0.717, 1.165) is 46.0 Å². The predicted molar refractivity (Wildman–Crippen MR) is 109 cm³/mol. The molecule has 2 N–H and O–H groups in total. The van der Waals surface area contributed by atoms with Crippen LogP contribution in [0.5, 0.6) is 0 Å². The Morgan fingerprint density at radius 1 is 1.35 bits per heavy atom. The van der Waals surface area contributed by atoms with Crippen molar-refractivity contribution in [1.29, 1.82) is 0 Å². The highest BCUT2D eigenvalue weighted by molar-refractivity contribution is 7.20. The third-order valence-electron chi connectivity index (χ3n) is 5.09. The minimum absolute atomic E-state index is 0. The zero-order chi connectivity index (χ0) is 17.6. The molecule has 0 spiro atoms. The van der Waals surface area contributed by atoms with Gasteiger partial charge >= 0.3 is 0 Å². The topological polar surface area (TPSA) is 64.2 Å². The molecule has 138 valence electrons. The summed E-state index contributed by atoms with van der Waals surface area (Å²) in [6, 6.07) is 12.0. The monoisotopic (exact) mass is 390 g/mol. The second kappa shape index (κ2) is 7.02. The Morgan fingerprint density at radius 3 is 2.73 bits per heavy atom. The van der Waals surface area contributed by atoms with E-state index in [1.807, 2.05) is 52.9 Å². The van der Waals surface area contributed by atoms with Crippen molar-refractivity contribution in [3.8, 4) is 5.69 Å². The maximum absolute atomic E-state index is 12.9. The van der Waals surface area contributed by atoms with Gasteiger partial charge in [0.2, 0.25) is 0 Å². The summed E-state index contributed by atoms with van der Waals surface area (Å²) < 4.78 is 1.93. The van der Waals surface area contributed by atoms with Crippen LogP contribution in [-0.4, -0.2) is 40.2 Å². The fourth-order valence-electron chi connectivity index (χ4n) is 3.42. The van der Waals surface area contributed by atoms with Gasteiger partial charge in [0.05, 0.1) is 16.3 Å². The van der Waals surface area contributed by atoms with Crippen LogP contribution in [-0.2, 0) is 0 Å². The standard InChI is InChI=1S/C19H22N4OS.ClH/c1-13-15-10-16(17(24)22-9-8-19(2,11-20)12-22)25-18(15)23(21-13)14-6-4-3-5-7-14;/h3-7,10H,8-9,11-12,20H2,1-2H3;1H. The molecule has 0 radical (unpaired) electrons. The number of nitrogens with two attached hydrogens (primary N) is 1. The number of nitrogens with zero attached hydrogens (tertiary/aromatic N) is 3. The molecule has 3 aromatic rings. The molecule has 1 amide bonds. The number of hydrogen-bond acceptors (Lipinski definition) is 4. The Balaban J connectivity index is 0.00000196. The third kappa shape index (κ3) is 3.13. The SMILES string of the molecule is Cc1nn(-c2ccccc2)c2sc(C(=O)N3CCC(C)(CN)C3)cc12.Cl. The summed E-state index contributed by atoms with van der Waals surface area (Å²) in [5.41, 5.74) is 7.87. The number of fused-ring (bicyclic) bond motifs is 1. The van der Waals surface area contributed by atoms with Crippen molar-refractivity contribution in [1.82, 2.24) is 14.7 Å². The number of halogens is 1. The van der Waals surface area contributed by atoms with Crippen LogP contribution in [0.4, 0.5) is 0 Å². The highest BCUT2D eigenvalue weighted by atomic mass is 35.5. The lowest BCUT2D eigenvalue weighted by molar-refractivity contribution is 0.0782. The van der Waals surface area contributed by atoms with Gasteiger partial charge in [-0.2, -0.15) is 5.10 Å². The molecule has 7 heteroatoms. The number of carbonyl (C=O) groups excluding carboxylic acids is 1. The maximum Gasteiger partial charge on any atom is 0.264 e. The van der Waals surface area contributed by atoms with Crippen LogP contribution in [0.15, 0.2) is 36.4 Å². The molecule has 1 saturated heterocycles. The molecule has 1 fully saturated rings. The average Bonchev–Trinajstić information content (AvgIpc) is 3.31. The van der Waals surface area contributed by atoms with Gasteiger partial charge < -0.3 is 10.6 Å². The van der Waals surface area contributed by atoms with E-state index in [2.05, 4.69) is 12.0 Å². The Labute approximate surface area is 163 Å². The number of likely N-dealkylation sites (tertiary alicyclic amines) is 1. The second-order valence-electron chi connectivity index (χ2n) is 7.15. The van der Waals surface area contributed by atoms with Crippen LogP contribution in [0, 0.1) is 12.3 Å². The van der Waals surface area contributed by atoms with Crippen LogP contribution in [0.3, 0.4) is 0 Å². The van der Waals surface area contributed by atoms with Crippen molar-refractivity contribution in [3.63, 3.8) is 0 Å². The van der Waals surface area contributed by atoms with E-state index < -0.39 is 0 Å². The number of carbonyl (C=O) groups is 1. The Hall–Kier alpha value is -1.89. The number of hydrogen-bond donors (Lipinski definition) is 1. The summed E-state index contributed by atoms with van der Waals surface area (Å²) in [6.45, 7) is 6.28. The van der Waals surface area contributed by atoms with Crippen molar-refractivity contribution >= 4 is 39.9 Å². The Bertz CT molecular complexity index is 936. The zero-order valence-electron chi connectivity index (χ0n) is 14.9. The smallest absolute Gasteiger partial charge is 0.264 e. The van der Waals surface area contributed by atoms with Crippen molar-refractivity contribution in [2.24, 2.45) is 11.1 Å². The van der Waals surface area contributed by atoms with Crippen molar-refractivity contribution < 1.29 is 4.79 Å². The molecule has 1 aliphatic rings. The number of para-hydroxylation sites is 1. The van der Waals surface area contributed by atoms with E-state index in [-0.39, 0.29) is 23.7 Å². The van der Waals surface area contributed by atoms with Crippen molar-refractivity contribution in [2.45, 2.75) is 20.3 Å². The molecule has 2 aromatic heterocycles. The van der Waals surface area contributed by atoms with Gasteiger partial charge in [0.1, 0.15) is 4.83 Å². The van der Waals surface area contributed by atoms with Gasteiger partial charge in [-0.15, -0.1) is 23.7 Å². The number of aryl methyl sites for hydroxylation is 1. The first-order valence-corrected chi connectivity index (χ1v) is 9.36. The van der Waals surface area contributed by atoms with Crippen LogP contribution in [0.25, 0.3) is 15.9 Å². The number of thiophene rings is 1. The van der Waals surface area contributed by atoms with Gasteiger partial charge in [0, 0.05) is 18.5 Å². The molecule has 1 aliphatic heterocycles. The molecule has 0 saturated carbocycles. The highest BCUT2D eigenvalue weighted by Gasteiger charge is 2.35. The lowest BCUT2D eigenvalue weighted by atomic mass is 9.90. The summed E-state index contributed by atoms with van der Waals surface area (Å²) in [7, 11) is 0. The van der Waals surface area contributed by atoms with Crippen molar-refractivity contribution in [3.05, 3.63) is 47.0 Å². The Morgan fingerprint density at radius 2 is 2.08 bits per heavy atom. The number of rotatable bonds is 3. The summed E-state index contributed by atoms with van der Waals surface area (Å²) in [6.07, 6.45) is 0.969. The van der Waals surface area contributed by atoms with E-state index in [1.54, 1.807) is 0 Å². The minimum atomic E-state index is 0. The van der Waals surface area contributed by atoms with Crippen LogP contribution < -0.4 is 5.73 Å². The van der Waals surface area contributed by atoms with Gasteiger partial charge in [-0.1, -0.05) is 25.1 Å². The molecule has 26 heavy (non-hydrogen) atoms. The molecular formula is C19H23ClN4OS. The first kappa shape index (κ1) is 18.9. The molecule has 5 nitrogen and oxygen atoms in total. The van der Waals surface area contributed by atoms with Gasteiger partial charge in [-0.25, -0.2) is 4.68 Å². The third-order valence-corrected chi connectivity index (χ3v) is 6.19. The minimum Gasteiger partial charge on any atom is -0.337 e. The van der Waals surface area contributed by atoms with Gasteiger partial charge in [-0.05, 0) is 43.5 Å². The quantitative estimate of drug-likeness (QED) is 0.742. The lowest BCUT2D eigenvalue weighted by Gasteiger charge is -2.22. The fraction of sp³-hybridized carbons (Fsp3) is 0.368. The molecule has 0 bridgehead atoms. The van der Waals surface area contributed by atoms with E-state index in [9.17, 15) is 4.79 Å². The molecule has 1 aromatic carbocycles. The average molecular weight is 391 g/mol. The summed E-state index contributed by atoms with van der Waals surface area (Å²) in [5, 5.41) is 5.69. The first-order valence-electron chi connectivity index (χ1n) is 8.55. The lowest BCUT2D eigenvalue weighted by Crippen LogP contribution is -2.34. The highest BCUT2D eigenvalue weighted by Crippen LogP contribution is 2.34. The number of aromatic nitrogens is 2. The molecule has 4 rings (SSSR count). The Kier molecular flexibility index (Phi) is 5.10. The van der Waals surface area contributed by atoms with E-state index in [1.165, 1.54) is 11.3 Å². The summed E-state index contributed by atoms with van der Waals surface area (Å²) >= 11 is 1.52. The molecule has 3 heterocycles. The predicted octanol–water partition coefficient (Wildman–Crippen LogP) is 3.63. The van der Waals surface area contributed by atoms with Crippen LogP contribution in [0.1, 0.15) is 28.7 Å². The normalized spacial score (nSPS) is 19.7. The van der Waals surface area contributed by atoms with Crippen molar-refractivity contribution in [2.75, 3.05) is 19.6 Å². The van der Waals surface area contributed by atoms with E-state index in [0.29, 0.717) is 6.54 Å². The van der Waals surface area contributed by atoms with Gasteiger partial charge in [-0.3, -0.25) is 4.79 Å². The fourth-order valence-corrected chi connectivity index (χ4v) is 4.57. The number of amides is 1. The van der Waals surface area contributed by atoms with Crippen LogP contribution in [0.2, 0.25) is 0 Å². The zero-order valence-corrected chi connectivity index (χ0v) is 16.6. The van der Waals surface area contributed by atoms with Crippen LogP contribution >= 0.6 is 23.7 Å². The molecule has 1 atom stereocenters. The van der Waals surface area contributed by atoms with Gasteiger partial charge in [0.25, 0.3) is 5.91 Å². The van der Waals surface area contributed by atoms with E-state index >= 15 is 0 Å². The second-order valence-corrected chi connectivity index (χ2v) is 8.18.